The van der Waals surface area contributed by atoms with Gasteiger partial charge in [0, 0.05) is 6.04 Å². The van der Waals surface area contributed by atoms with Crippen LogP contribution >= 0.6 is 0 Å². The second kappa shape index (κ2) is 8.48. The molecule has 0 saturated heterocycles. The molecule has 0 saturated carbocycles. The van der Waals surface area contributed by atoms with Crippen molar-refractivity contribution in [1.29, 1.82) is 0 Å². The van der Waals surface area contributed by atoms with E-state index < -0.39 is 0 Å². The molecule has 2 heteroatoms. The number of para-hydroxylation sites is 1. The average Bonchev–Trinajstić information content (AvgIpc) is 2.55. The maximum Gasteiger partial charge on any atom is 0.122 e. The first-order valence-electron chi connectivity index (χ1n) is 7.75. The molecule has 1 atom stereocenters. The van der Waals surface area contributed by atoms with Crippen LogP contribution in [0.2, 0.25) is 0 Å². The Bertz CT molecular complexity index is 524. The minimum atomic E-state index is 0.436. The summed E-state index contributed by atoms with van der Waals surface area (Å²) in [5, 5.41) is 3.68. The van der Waals surface area contributed by atoms with Gasteiger partial charge in [-0.3, -0.25) is 0 Å². The number of hydrogen-bond donors (Lipinski definition) is 1. The number of rotatable bonds is 8. The first-order valence-corrected chi connectivity index (χ1v) is 7.75. The normalized spacial score (nSPS) is 12.1. The Hall–Kier alpha value is -1.80. The van der Waals surface area contributed by atoms with Gasteiger partial charge in [0.15, 0.2) is 0 Å². The minimum Gasteiger partial charge on any atom is -0.496 e. The van der Waals surface area contributed by atoms with Gasteiger partial charge in [-0.1, -0.05) is 61.9 Å². The van der Waals surface area contributed by atoms with E-state index in [2.05, 4.69) is 54.7 Å². The fourth-order valence-corrected chi connectivity index (χ4v) is 2.65. The summed E-state index contributed by atoms with van der Waals surface area (Å²) in [5.74, 6) is 0.978. The van der Waals surface area contributed by atoms with Crippen molar-refractivity contribution in [2.75, 3.05) is 13.7 Å². The summed E-state index contributed by atoms with van der Waals surface area (Å²) in [6.07, 6.45) is 3.33. The third-order valence-electron chi connectivity index (χ3n) is 3.76. The zero-order chi connectivity index (χ0) is 14.9. The maximum absolute atomic E-state index is 5.41. The molecule has 1 unspecified atom stereocenters. The standard InChI is InChI=1S/C19H25NO/c1-3-9-18(16-10-5-4-6-11-16)20-15-14-17-12-7-8-13-19(17)21-2/h4-8,10-13,18,20H,3,9,14-15H2,1-2H3. The molecule has 0 aliphatic rings. The van der Waals surface area contributed by atoms with Crippen molar-refractivity contribution in [1.82, 2.24) is 5.32 Å². The lowest BCUT2D eigenvalue weighted by Gasteiger charge is -2.19. The highest BCUT2D eigenvalue weighted by molar-refractivity contribution is 5.33. The lowest BCUT2D eigenvalue weighted by atomic mass is 10.0. The molecular formula is C19H25NO. The molecule has 0 heterocycles. The molecule has 0 aromatic heterocycles. The molecule has 0 radical (unpaired) electrons. The predicted octanol–water partition coefficient (Wildman–Crippen LogP) is 4.37. The molecule has 21 heavy (non-hydrogen) atoms. The zero-order valence-electron chi connectivity index (χ0n) is 13.0. The Labute approximate surface area is 128 Å². The summed E-state index contributed by atoms with van der Waals surface area (Å²) in [7, 11) is 1.73. The quantitative estimate of drug-likeness (QED) is 0.777. The van der Waals surface area contributed by atoms with Crippen LogP contribution in [-0.2, 0) is 6.42 Å². The number of nitrogens with one attached hydrogen (secondary N) is 1. The third-order valence-corrected chi connectivity index (χ3v) is 3.76. The van der Waals surface area contributed by atoms with E-state index in [-0.39, 0.29) is 0 Å². The van der Waals surface area contributed by atoms with Gasteiger partial charge in [-0.25, -0.2) is 0 Å². The second-order valence-corrected chi connectivity index (χ2v) is 5.27. The van der Waals surface area contributed by atoms with Gasteiger partial charge in [-0.2, -0.15) is 0 Å². The average molecular weight is 283 g/mol. The number of benzene rings is 2. The van der Waals surface area contributed by atoms with Gasteiger partial charge >= 0.3 is 0 Å². The highest BCUT2D eigenvalue weighted by atomic mass is 16.5. The first-order chi connectivity index (χ1) is 10.3. The SMILES string of the molecule is CCCC(NCCc1ccccc1OC)c1ccccc1. The Balaban J connectivity index is 1.93. The van der Waals surface area contributed by atoms with E-state index in [1.165, 1.54) is 17.5 Å². The fourth-order valence-electron chi connectivity index (χ4n) is 2.65. The van der Waals surface area contributed by atoms with Crippen LogP contribution in [-0.4, -0.2) is 13.7 Å². The summed E-state index contributed by atoms with van der Waals surface area (Å²) in [6.45, 7) is 3.19. The zero-order valence-corrected chi connectivity index (χ0v) is 13.0. The van der Waals surface area contributed by atoms with E-state index in [1.807, 2.05) is 12.1 Å². The molecular weight excluding hydrogens is 258 g/mol. The monoisotopic (exact) mass is 283 g/mol. The summed E-state index contributed by atoms with van der Waals surface area (Å²) >= 11 is 0. The first kappa shape index (κ1) is 15.6. The van der Waals surface area contributed by atoms with E-state index in [0.29, 0.717) is 6.04 Å². The predicted molar refractivity (Wildman–Crippen MR) is 88.8 cm³/mol. The van der Waals surface area contributed by atoms with Gasteiger partial charge < -0.3 is 10.1 Å². The Morgan fingerprint density at radius 3 is 2.43 bits per heavy atom. The fraction of sp³-hybridized carbons (Fsp3) is 0.368. The molecule has 2 nitrogen and oxygen atoms in total. The van der Waals surface area contributed by atoms with Crippen molar-refractivity contribution in [3.05, 3.63) is 65.7 Å². The van der Waals surface area contributed by atoms with Crippen molar-refractivity contribution < 1.29 is 4.74 Å². The van der Waals surface area contributed by atoms with Gasteiger partial charge in [0.1, 0.15) is 5.75 Å². The topological polar surface area (TPSA) is 21.3 Å². The molecule has 2 aromatic rings. The van der Waals surface area contributed by atoms with Crippen molar-refractivity contribution in [3.8, 4) is 5.75 Å². The summed E-state index contributed by atoms with van der Waals surface area (Å²) in [5.41, 5.74) is 2.63. The van der Waals surface area contributed by atoms with Crippen LogP contribution in [0, 0.1) is 0 Å². The van der Waals surface area contributed by atoms with Gasteiger partial charge in [0.05, 0.1) is 7.11 Å². The van der Waals surface area contributed by atoms with Crippen molar-refractivity contribution in [3.63, 3.8) is 0 Å². The molecule has 2 aromatic carbocycles. The summed E-state index contributed by atoms with van der Waals surface area (Å²) in [4.78, 5) is 0. The molecule has 1 N–H and O–H groups in total. The van der Waals surface area contributed by atoms with Crippen LogP contribution in [0.4, 0.5) is 0 Å². The second-order valence-electron chi connectivity index (χ2n) is 5.27. The Kier molecular flexibility index (Phi) is 6.29. The summed E-state index contributed by atoms with van der Waals surface area (Å²) < 4.78 is 5.41. The molecule has 0 spiro atoms. The number of methoxy groups -OCH3 is 1. The van der Waals surface area contributed by atoms with Crippen molar-refractivity contribution in [2.24, 2.45) is 0 Å². The van der Waals surface area contributed by atoms with Gasteiger partial charge in [-0.15, -0.1) is 0 Å². The lowest BCUT2D eigenvalue weighted by molar-refractivity contribution is 0.408. The van der Waals surface area contributed by atoms with Crippen LogP contribution < -0.4 is 10.1 Å². The van der Waals surface area contributed by atoms with Crippen molar-refractivity contribution >= 4 is 0 Å². The third kappa shape index (κ3) is 4.61. The van der Waals surface area contributed by atoms with Crippen LogP contribution in [0.3, 0.4) is 0 Å². The maximum atomic E-state index is 5.41. The molecule has 0 aliphatic heterocycles. The Morgan fingerprint density at radius 2 is 1.71 bits per heavy atom. The molecule has 0 aliphatic carbocycles. The highest BCUT2D eigenvalue weighted by Gasteiger charge is 2.09. The van der Waals surface area contributed by atoms with Crippen LogP contribution in [0.5, 0.6) is 5.75 Å². The van der Waals surface area contributed by atoms with Crippen LogP contribution in [0.1, 0.15) is 36.9 Å². The largest absolute Gasteiger partial charge is 0.496 e. The van der Waals surface area contributed by atoms with Gasteiger partial charge in [0.25, 0.3) is 0 Å². The van der Waals surface area contributed by atoms with Crippen LogP contribution in [0.25, 0.3) is 0 Å². The van der Waals surface area contributed by atoms with E-state index in [4.69, 9.17) is 4.74 Å². The number of hydrogen-bond acceptors (Lipinski definition) is 2. The van der Waals surface area contributed by atoms with E-state index in [0.717, 1.165) is 25.1 Å². The number of ether oxygens (including phenoxy) is 1. The van der Waals surface area contributed by atoms with Crippen LogP contribution in [0.15, 0.2) is 54.6 Å². The van der Waals surface area contributed by atoms with E-state index in [1.54, 1.807) is 7.11 Å². The van der Waals surface area contributed by atoms with E-state index >= 15 is 0 Å². The minimum absolute atomic E-state index is 0.436. The molecule has 112 valence electrons. The molecule has 2 rings (SSSR count). The molecule has 0 bridgehead atoms. The van der Waals surface area contributed by atoms with Gasteiger partial charge in [0.2, 0.25) is 0 Å². The van der Waals surface area contributed by atoms with Crippen molar-refractivity contribution in [2.45, 2.75) is 32.2 Å². The molecule has 0 amide bonds. The highest BCUT2D eigenvalue weighted by Crippen LogP contribution is 2.20. The lowest BCUT2D eigenvalue weighted by Crippen LogP contribution is -2.23. The van der Waals surface area contributed by atoms with E-state index in [9.17, 15) is 0 Å². The Morgan fingerprint density at radius 1 is 1.00 bits per heavy atom. The molecule has 0 fully saturated rings. The van der Waals surface area contributed by atoms with Gasteiger partial charge in [-0.05, 0) is 36.6 Å². The smallest absolute Gasteiger partial charge is 0.122 e. The summed E-state index contributed by atoms with van der Waals surface area (Å²) in [6, 6.07) is 19.4.